The Morgan fingerprint density at radius 3 is 2.60 bits per heavy atom. The van der Waals surface area contributed by atoms with Gasteiger partial charge in [-0.25, -0.2) is 4.79 Å². The zero-order chi connectivity index (χ0) is 17.8. The van der Waals surface area contributed by atoms with Gasteiger partial charge < -0.3 is 15.4 Å². The van der Waals surface area contributed by atoms with Crippen molar-refractivity contribution in [3.63, 3.8) is 0 Å². The largest absolute Gasteiger partial charge is 0.495 e. The van der Waals surface area contributed by atoms with Gasteiger partial charge in [-0.15, -0.1) is 0 Å². The van der Waals surface area contributed by atoms with Gasteiger partial charge in [-0.05, 0) is 23.8 Å². The predicted molar refractivity (Wildman–Crippen MR) is 91.3 cm³/mol. The third-order valence-electron chi connectivity index (χ3n) is 3.88. The van der Waals surface area contributed by atoms with Gasteiger partial charge in [-0.3, -0.25) is 14.5 Å². The summed E-state index contributed by atoms with van der Waals surface area (Å²) in [6.07, 6.45) is 0. The van der Waals surface area contributed by atoms with Crippen LogP contribution in [0.3, 0.4) is 0 Å². The number of amides is 4. The highest BCUT2D eigenvalue weighted by molar-refractivity contribution is 6.06. The molecule has 7 nitrogen and oxygen atoms in total. The number of hydrogen-bond acceptors (Lipinski definition) is 4. The van der Waals surface area contributed by atoms with E-state index in [1.54, 1.807) is 48.5 Å². The van der Waals surface area contributed by atoms with Gasteiger partial charge >= 0.3 is 6.03 Å². The second-order valence-corrected chi connectivity index (χ2v) is 5.45. The number of methoxy groups -OCH3 is 1. The molecule has 25 heavy (non-hydrogen) atoms. The summed E-state index contributed by atoms with van der Waals surface area (Å²) in [5.74, 6) is -0.112. The Kier molecular flexibility index (Phi) is 4.65. The van der Waals surface area contributed by atoms with Crippen molar-refractivity contribution >= 4 is 23.5 Å². The lowest BCUT2D eigenvalue weighted by atomic mass is 10.1. The molecule has 2 N–H and O–H groups in total. The van der Waals surface area contributed by atoms with Crippen LogP contribution in [0.1, 0.15) is 15.9 Å². The molecule has 0 spiro atoms. The molecule has 4 amide bonds. The first-order valence-corrected chi connectivity index (χ1v) is 7.70. The first-order chi connectivity index (χ1) is 12.1. The van der Waals surface area contributed by atoms with Gasteiger partial charge in [-0.2, -0.15) is 0 Å². The lowest BCUT2D eigenvalue weighted by Gasteiger charge is -2.16. The van der Waals surface area contributed by atoms with Crippen LogP contribution in [-0.4, -0.2) is 36.4 Å². The molecule has 2 aromatic carbocycles. The Morgan fingerprint density at radius 2 is 1.88 bits per heavy atom. The van der Waals surface area contributed by atoms with Crippen LogP contribution in [0.25, 0.3) is 0 Å². The van der Waals surface area contributed by atoms with E-state index >= 15 is 0 Å². The lowest BCUT2D eigenvalue weighted by Crippen LogP contribution is -2.31. The number of para-hydroxylation sites is 2. The number of ether oxygens (including phenoxy) is 1. The van der Waals surface area contributed by atoms with Crippen LogP contribution in [0, 0.1) is 0 Å². The fourth-order valence-corrected chi connectivity index (χ4v) is 2.60. The number of anilines is 1. The van der Waals surface area contributed by atoms with E-state index in [4.69, 9.17) is 4.74 Å². The monoisotopic (exact) mass is 339 g/mol. The average Bonchev–Trinajstić information content (AvgIpc) is 2.94. The summed E-state index contributed by atoms with van der Waals surface area (Å²) < 4.78 is 5.23. The molecule has 0 atom stereocenters. The third kappa shape index (κ3) is 3.45. The molecule has 0 bridgehead atoms. The van der Waals surface area contributed by atoms with Crippen molar-refractivity contribution in [2.45, 2.75) is 6.54 Å². The van der Waals surface area contributed by atoms with Gasteiger partial charge in [0.1, 0.15) is 5.75 Å². The molecular weight excluding hydrogens is 322 g/mol. The van der Waals surface area contributed by atoms with Crippen molar-refractivity contribution < 1.29 is 19.1 Å². The fourth-order valence-electron chi connectivity index (χ4n) is 2.60. The number of nitrogens with one attached hydrogen (secondary N) is 2. The van der Waals surface area contributed by atoms with E-state index in [9.17, 15) is 14.4 Å². The molecule has 1 fully saturated rings. The second kappa shape index (κ2) is 7.04. The number of urea groups is 1. The standard InChI is InChI=1S/C18H17N3O4/c1-25-15-9-5-4-8-14(15)20-17(23)13-7-3-2-6-12(13)11-21-16(22)10-19-18(21)24/h2-9H,10-11H2,1H3,(H,19,24)(H,20,23). The molecule has 2 aromatic rings. The summed E-state index contributed by atoms with van der Waals surface area (Å²) in [7, 11) is 1.52. The van der Waals surface area contributed by atoms with Gasteiger partial charge in [0.15, 0.2) is 0 Å². The summed E-state index contributed by atoms with van der Waals surface area (Å²) in [5, 5.41) is 5.26. The second-order valence-electron chi connectivity index (χ2n) is 5.45. The van der Waals surface area contributed by atoms with E-state index in [1.165, 1.54) is 7.11 Å². The fraction of sp³-hybridized carbons (Fsp3) is 0.167. The van der Waals surface area contributed by atoms with E-state index in [2.05, 4.69) is 10.6 Å². The Bertz CT molecular complexity index is 819. The summed E-state index contributed by atoms with van der Waals surface area (Å²) in [4.78, 5) is 37.3. The van der Waals surface area contributed by atoms with Crippen LogP contribution in [0.2, 0.25) is 0 Å². The normalized spacial score (nSPS) is 13.6. The summed E-state index contributed by atoms with van der Waals surface area (Å²) in [6, 6.07) is 13.5. The van der Waals surface area contributed by atoms with Crippen molar-refractivity contribution in [1.82, 2.24) is 10.2 Å². The molecule has 3 rings (SSSR count). The van der Waals surface area contributed by atoms with E-state index in [1.807, 2.05) is 0 Å². The number of carbonyl (C=O) groups excluding carboxylic acids is 3. The molecule has 0 aromatic heterocycles. The summed E-state index contributed by atoms with van der Waals surface area (Å²) >= 11 is 0. The maximum absolute atomic E-state index is 12.7. The zero-order valence-corrected chi connectivity index (χ0v) is 13.6. The molecule has 0 radical (unpaired) electrons. The van der Waals surface area contributed by atoms with Crippen molar-refractivity contribution in [3.05, 3.63) is 59.7 Å². The number of benzene rings is 2. The smallest absolute Gasteiger partial charge is 0.324 e. The molecular formula is C18H17N3O4. The van der Waals surface area contributed by atoms with E-state index in [-0.39, 0.29) is 24.9 Å². The van der Waals surface area contributed by atoms with Gasteiger partial charge in [0, 0.05) is 5.56 Å². The predicted octanol–water partition coefficient (Wildman–Crippen LogP) is 2.00. The van der Waals surface area contributed by atoms with Gasteiger partial charge in [0.2, 0.25) is 5.91 Å². The highest BCUT2D eigenvalue weighted by Crippen LogP contribution is 2.24. The Balaban J connectivity index is 1.84. The number of imide groups is 1. The van der Waals surface area contributed by atoms with E-state index in [0.29, 0.717) is 22.6 Å². The van der Waals surface area contributed by atoms with Gasteiger partial charge in [0.05, 0.1) is 25.9 Å². The number of hydrogen-bond donors (Lipinski definition) is 2. The number of rotatable bonds is 5. The molecule has 0 aliphatic carbocycles. The average molecular weight is 339 g/mol. The Morgan fingerprint density at radius 1 is 1.16 bits per heavy atom. The maximum atomic E-state index is 12.7. The minimum Gasteiger partial charge on any atom is -0.495 e. The highest BCUT2D eigenvalue weighted by Gasteiger charge is 2.29. The van der Waals surface area contributed by atoms with Crippen LogP contribution < -0.4 is 15.4 Å². The van der Waals surface area contributed by atoms with Gasteiger partial charge in [0.25, 0.3) is 5.91 Å². The molecule has 1 heterocycles. The van der Waals surface area contributed by atoms with Crippen LogP contribution >= 0.6 is 0 Å². The SMILES string of the molecule is COc1ccccc1NC(=O)c1ccccc1CN1C(=O)CNC1=O. The zero-order valence-electron chi connectivity index (χ0n) is 13.6. The van der Waals surface area contributed by atoms with Gasteiger partial charge in [-0.1, -0.05) is 30.3 Å². The molecule has 7 heteroatoms. The van der Waals surface area contributed by atoms with Crippen molar-refractivity contribution in [3.8, 4) is 5.75 Å². The summed E-state index contributed by atoms with van der Waals surface area (Å²) in [6.45, 7) is 0.0224. The first-order valence-electron chi connectivity index (χ1n) is 7.70. The van der Waals surface area contributed by atoms with Crippen LogP contribution in [0.5, 0.6) is 5.75 Å². The lowest BCUT2D eigenvalue weighted by molar-refractivity contribution is -0.125. The van der Waals surface area contributed by atoms with E-state index in [0.717, 1.165) is 4.90 Å². The van der Waals surface area contributed by atoms with Crippen molar-refractivity contribution in [1.29, 1.82) is 0 Å². The quantitative estimate of drug-likeness (QED) is 0.816. The topological polar surface area (TPSA) is 87.7 Å². The van der Waals surface area contributed by atoms with Crippen LogP contribution in [0.15, 0.2) is 48.5 Å². The molecule has 1 saturated heterocycles. The third-order valence-corrected chi connectivity index (χ3v) is 3.88. The Labute approximate surface area is 144 Å². The molecule has 128 valence electrons. The molecule has 0 unspecified atom stereocenters. The van der Waals surface area contributed by atoms with Crippen molar-refractivity contribution in [2.24, 2.45) is 0 Å². The molecule has 1 aliphatic heterocycles. The first kappa shape index (κ1) is 16.5. The minimum atomic E-state index is -0.454. The number of carbonyl (C=O) groups is 3. The number of nitrogens with zero attached hydrogens (tertiary/aromatic N) is 1. The molecule has 0 saturated carbocycles. The van der Waals surface area contributed by atoms with Crippen LogP contribution in [0.4, 0.5) is 10.5 Å². The maximum Gasteiger partial charge on any atom is 0.324 e. The van der Waals surface area contributed by atoms with Crippen molar-refractivity contribution in [2.75, 3.05) is 19.0 Å². The summed E-state index contributed by atoms with van der Waals surface area (Å²) in [5.41, 5.74) is 1.51. The molecule has 1 aliphatic rings. The minimum absolute atomic E-state index is 0.0194. The van der Waals surface area contributed by atoms with E-state index < -0.39 is 6.03 Å². The highest BCUT2D eigenvalue weighted by atomic mass is 16.5. The van der Waals surface area contributed by atoms with Crippen LogP contribution in [-0.2, 0) is 11.3 Å². The Hall–Kier alpha value is -3.35.